The van der Waals surface area contributed by atoms with Crippen LogP contribution in [0.4, 0.5) is 5.69 Å². The summed E-state index contributed by atoms with van der Waals surface area (Å²) in [4.78, 5) is 49.6. The predicted molar refractivity (Wildman–Crippen MR) is 194 cm³/mol. The number of hydrogen-bond acceptors (Lipinski definition) is 5. The van der Waals surface area contributed by atoms with Crippen LogP contribution >= 0.6 is 15.9 Å². The topological polar surface area (TPSA) is 90.4 Å². The van der Waals surface area contributed by atoms with Crippen molar-refractivity contribution in [3.05, 3.63) is 126 Å². The van der Waals surface area contributed by atoms with Crippen molar-refractivity contribution in [3.8, 4) is 0 Å². The van der Waals surface area contributed by atoms with Gasteiger partial charge in [-0.15, -0.1) is 13.2 Å². The number of aliphatic hydroxyl groups excluding tert-OH is 1. The molecule has 3 fully saturated rings. The number of nitrogens with zero attached hydrogens (tertiary/aromatic N) is 3. The molecular weight excluding hydrogens is 682 g/mol. The van der Waals surface area contributed by atoms with Crippen molar-refractivity contribution in [2.75, 3.05) is 24.6 Å². The van der Waals surface area contributed by atoms with E-state index >= 15 is 9.59 Å². The molecule has 0 aromatic heterocycles. The van der Waals surface area contributed by atoms with E-state index in [4.69, 9.17) is 4.74 Å². The van der Waals surface area contributed by atoms with Crippen LogP contribution in [0.3, 0.4) is 0 Å². The number of aryl methyl sites for hydroxylation is 2. The van der Waals surface area contributed by atoms with Gasteiger partial charge in [-0.25, -0.2) is 0 Å². The van der Waals surface area contributed by atoms with Crippen molar-refractivity contribution in [1.29, 1.82) is 0 Å². The molecule has 3 aromatic rings. The van der Waals surface area contributed by atoms with Crippen molar-refractivity contribution in [3.63, 3.8) is 0 Å². The van der Waals surface area contributed by atoms with Crippen molar-refractivity contribution in [2.24, 2.45) is 11.8 Å². The molecule has 1 N–H and O–H groups in total. The Morgan fingerprint density at radius 3 is 2.29 bits per heavy atom. The molecule has 1 spiro atoms. The van der Waals surface area contributed by atoms with Gasteiger partial charge in [-0.05, 0) is 55.0 Å². The zero-order chi connectivity index (χ0) is 34.9. The fourth-order valence-electron chi connectivity index (χ4n) is 8.16. The summed E-state index contributed by atoms with van der Waals surface area (Å²) < 4.78 is 6.87. The van der Waals surface area contributed by atoms with Crippen LogP contribution in [-0.2, 0) is 32.1 Å². The van der Waals surface area contributed by atoms with Gasteiger partial charge in [0, 0.05) is 30.1 Å². The molecule has 3 heterocycles. The van der Waals surface area contributed by atoms with E-state index < -0.39 is 35.6 Å². The molecule has 3 aliphatic rings. The van der Waals surface area contributed by atoms with Gasteiger partial charge < -0.3 is 24.5 Å². The summed E-state index contributed by atoms with van der Waals surface area (Å²) in [5.41, 5.74) is 3.19. The molecule has 0 aliphatic carbocycles. The number of carbonyl (C=O) groups excluding carboxylic acids is 3. The number of alkyl halides is 1. The van der Waals surface area contributed by atoms with Crippen molar-refractivity contribution >= 4 is 39.3 Å². The van der Waals surface area contributed by atoms with E-state index in [2.05, 4.69) is 29.1 Å². The van der Waals surface area contributed by atoms with Crippen LogP contribution in [0.5, 0.6) is 0 Å². The maximum Gasteiger partial charge on any atom is 0.253 e. The molecular formula is C40H44BrN3O5. The Hall–Kier alpha value is -4.05. The fourth-order valence-corrected chi connectivity index (χ4v) is 9.10. The molecule has 3 unspecified atom stereocenters. The largest absolute Gasteiger partial charge is 0.394 e. The Labute approximate surface area is 297 Å². The second-order valence-electron chi connectivity index (χ2n) is 13.5. The lowest BCUT2D eigenvalue weighted by Gasteiger charge is -2.40. The SMILES string of the molecule is C=CCN(Cc1ccccc1)C(=O)[C@H]1[C@@H]2OC3(CC2Br)C(C(=O)N(CC=C)c2cc(C)ccc2C)N([C@@H](CO)Cc2ccccc2)C(=O)[C@H]13. The van der Waals surface area contributed by atoms with E-state index in [0.717, 1.165) is 27.9 Å². The van der Waals surface area contributed by atoms with Gasteiger partial charge in [0.05, 0.1) is 30.6 Å². The fraction of sp³-hybridized carbons (Fsp3) is 0.375. The van der Waals surface area contributed by atoms with E-state index in [1.165, 1.54) is 0 Å². The minimum atomic E-state index is -1.29. The standard InChI is InChI=1S/C40H44BrN3O5/c1-5-19-42(24-29-15-11-8-12-16-29)37(46)33-34-38(47)44(30(25-45)22-28-13-9-7-10-14-28)36(40(34)23-31(41)35(33)49-40)39(48)43(20-6-2)32-21-26(3)17-18-27(32)4/h5-18,21,30-31,33-36,45H,1-2,19-20,22-25H2,3-4H3/t30-,31?,33-,34+,35-,36?,40?/m1/s1. The number of rotatable bonds is 13. The Morgan fingerprint density at radius 2 is 1.65 bits per heavy atom. The monoisotopic (exact) mass is 725 g/mol. The summed E-state index contributed by atoms with van der Waals surface area (Å²) in [6.07, 6.45) is 3.44. The van der Waals surface area contributed by atoms with E-state index in [1.54, 1.807) is 26.9 Å². The molecule has 3 aliphatic heterocycles. The highest BCUT2D eigenvalue weighted by atomic mass is 79.9. The van der Waals surface area contributed by atoms with Gasteiger partial charge in [-0.3, -0.25) is 14.4 Å². The number of halogens is 1. The van der Waals surface area contributed by atoms with Gasteiger partial charge in [0.2, 0.25) is 11.8 Å². The zero-order valence-electron chi connectivity index (χ0n) is 28.1. The average molecular weight is 727 g/mol. The number of anilines is 1. The van der Waals surface area contributed by atoms with Gasteiger partial charge in [0.25, 0.3) is 5.91 Å². The zero-order valence-corrected chi connectivity index (χ0v) is 29.7. The predicted octanol–water partition coefficient (Wildman–Crippen LogP) is 5.39. The molecule has 3 amide bonds. The lowest BCUT2D eigenvalue weighted by atomic mass is 9.70. The number of amides is 3. The summed E-state index contributed by atoms with van der Waals surface area (Å²) in [7, 11) is 0. The second kappa shape index (κ2) is 14.4. The van der Waals surface area contributed by atoms with Crippen LogP contribution in [0.15, 0.2) is 104 Å². The molecule has 3 aromatic carbocycles. The quantitative estimate of drug-likeness (QED) is 0.189. The molecule has 8 nitrogen and oxygen atoms in total. The van der Waals surface area contributed by atoms with E-state index in [9.17, 15) is 9.90 Å². The smallest absolute Gasteiger partial charge is 0.253 e. The Balaban J connectivity index is 1.46. The summed E-state index contributed by atoms with van der Waals surface area (Å²) in [5.74, 6) is -2.63. The minimum absolute atomic E-state index is 0.207. The number of ether oxygens (including phenoxy) is 1. The lowest BCUT2D eigenvalue weighted by molar-refractivity contribution is -0.147. The van der Waals surface area contributed by atoms with Gasteiger partial charge in [-0.1, -0.05) is 101 Å². The summed E-state index contributed by atoms with van der Waals surface area (Å²) in [5, 5.41) is 10.9. The number of aliphatic hydroxyl groups is 1. The van der Waals surface area contributed by atoms with Crippen LogP contribution in [0.25, 0.3) is 0 Å². The molecule has 3 saturated heterocycles. The van der Waals surface area contributed by atoms with Crippen molar-refractivity contribution < 1.29 is 24.2 Å². The molecule has 0 radical (unpaired) electrons. The Kier molecular flexibility index (Phi) is 10.2. The van der Waals surface area contributed by atoms with E-state index in [1.807, 2.05) is 92.7 Å². The molecule has 7 atom stereocenters. The molecule has 0 saturated carbocycles. The summed E-state index contributed by atoms with van der Waals surface area (Å²) in [6.45, 7) is 12.2. The molecule has 256 valence electrons. The highest BCUT2D eigenvalue weighted by molar-refractivity contribution is 9.09. The first-order valence-corrected chi connectivity index (χ1v) is 17.8. The first-order chi connectivity index (χ1) is 23.6. The number of fused-ring (bicyclic) bond motifs is 1. The highest BCUT2D eigenvalue weighted by Crippen LogP contribution is 2.61. The maximum atomic E-state index is 15.2. The lowest BCUT2D eigenvalue weighted by Crippen LogP contribution is -2.59. The molecule has 9 heteroatoms. The van der Waals surface area contributed by atoms with Gasteiger partial charge in [0.15, 0.2) is 0 Å². The van der Waals surface area contributed by atoms with E-state index in [-0.39, 0.29) is 42.2 Å². The Morgan fingerprint density at radius 1 is 1.00 bits per heavy atom. The summed E-state index contributed by atoms with van der Waals surface area (Å²) >= 11 is 3.81. The van der Waals surface area contributed by atoms with Crippen LogP contribution in [0, 0.1) is 25.7 Å². The first-order valence-electron chi connectivity index (χ1n) is 16.9. The maximum absolute atomic E-state index is 15.2. The number of carbonyl (C=O) groups is 3. The third-order valence-corrected chi connectivity index (χ3v) is 11.1. The molecule has 49 heavy (non-hydrogen) atoms. The highest BCUT2D eigenvalue weighted by Gasteiger charge is 2.77. The number of hydrogen-bond donors (Lipinski definition) is 1. The first kappa shape index (κ1) is 34.8. The van der Waals surface area contributed by atoms with Crippen molar-refractivity contribution in [1.82, 2.24) is 9.80 Å². The molecule has 6 rings (SSSR count). The second-order valence-corrected chi connectivity index (χ2v) is 14.6. The van der Waals surface area contributed by atoms with Gasteiger partial charge in [-0.2, -0.15) is 0 Å². The molecule has 2 bridgehead atoms. The van der Waals surface area contributed by atoms with Crippen molar-refractivity contribution in [2.45, 2.75) is 61.8 Å². The van der Waals surface area contributed by atoms with Gasteiger partial charge >= 0.3 is 0 Å². The van der Waals surface area contributed by atoms with Gasteiger partial charge in [0.1, 0.15) is 11.6 Å². The third kappa shape index (κ3) is 6.28. The number of likely N-dealkylation sites (tertiary alicyclic amines) is 1. The average Bonchev–Trinajstić information content (AvgIpc) is 3.70. The van der Waals surface area contributed by atoms with Crippen LogP contribution in [0.2, 0.25) is 0 Å². The van der Waals surface area contributed by atoms with Crippen LogP contribution in [0.1, 0.15) is 28.7 Å². The van der Waals surface area contributed by atoms with Crippen LogP contribution in [-0.4, -0.2) is 80.9 Å². The summed E-state index contributed by atoms with van der Waals surface area (Å²) in [6, 6.07) is 23.4. The van der Waals surface area contributed by atoms with E-state index in [0.29, 0.717) is 19.4 Å². The van der Waals surface area contributed by atoms with Crippen LogP contribution < -0.4 is 4.90 Å². The Bertz CT molecular complexity index is 1720. The number of benzene rings is 3. The minimum Gasteiger partial charge on any atom is -0.394 e. The third-order valence-electron chi connectivity index (χ3n) is 10.3. The normalized spacial score (nSPS) is 25.9.